The molecule has 28 heavy (non-hydrogen) atoms. The minimum Gasteiger partial charge on any atom is -0.507 e. The lowest BCUT2D eigenvalue weighted by atomic mass is 9.96. The molecule has 0 saturated heterocycles. The number of benzene rings is 2. The number of carboxylic acid groups (broad SMARTS) is 1. The van der Waals surface area contributed by atoms with Gasteiger partial charge in [-0.3, -0.25) is 4.79 Å². The van der Waals surface area contributed by atoms with Crippen LogP contribution in [0.1, 0.15) is 40.4 Å². The molecule has 0 aliphatic rings. The SMILES string of the molecule is C=C(C)CCc1c(OC)cc(/C=C/c2ccccc2OC=O)c(C(=O)O)c1O. The smallest absolute Gasteiger partial charge is 0.340 e. The molecule has 2 rings (SSSR count). The van der Waals surface area contributed by atoms with Crippen LogP contribution < -0.4 is 9.47 Å². The number of methoxy groups -OCH3 is 1. The lowest BCUT2D eigenvalue weighted by molar-refractivity contribution is -0.120. The molecule has 0 aromatic heterocycles. The maximum atomic E-state index is 11.8. The molecule has 0 aliphatic carbocycles. The summed E-state index contributed by atoms with van der Waals surface area (Å²) in [7, 11) is 1.46. The minimum atomic E-state index is -1.26. The fraction of sp³-hybridized carbons (Fsp3) is 0.182. The van der Waals surface area contributed by atoms with Crippen LogP contribution in [0.3, 0.4) is 0 Å². The molecule has 6 nitrogen and oxygen atoms in total. The van der Waals surface area contributed by atoms with Crippen LogP contribution in [0.25, 0.3) is 12.2 Å². The van der Waals surface area contributed by atoms with Gasteiger partial charge in [0.05, 0.1) is 7.11 Å². The maximum absolute atomic E-state index is 11.8. The number of carbonyl (C=O) groups is 2. The Morgan fingerprint density at radius 2 is 1.86 bits per heavy atom. The second kappa shape index (κ2) is 9.41. The van der Waals surface area contributed by atoms with Crippen LogP contribution >= 0.6 is 0 Å². The van der Waals surface area contributed by atoms with Gasteiger partial charge in [0.2, 0.25) is 0 Å². The highest BCUT2D eigenvalue weighted by Gasteiger charge is 2.22. The van der Waals surface area contributed by atoms with E-state index in [2.05, 4.69) is 6.58 Å². The highest BCUT2D eigenvalue weighted by molar-refractivity contribution is 5.97. The lowest BCUT2D eigenvalue weighted by Crippen LogP contribution is -2.05. The molecule has 2 aromatic carbocycles. The van der Waals surface area contributed by atoms with Crippen LogP contribution in [0.2, 0.25) is 0 Å². The number of aromatic hydroxyl groups is 1. The van der Waals surface area contributed by atoms with Gasteiger partial charge in [-0.15, -0.1) is 6.58 Å². The number of carboxylic acids is 1. The maximum Gasteiger partial charge on any atom is 0.340 e. The van der Waals surface area contributed by atoms with E-state index in [9.17, 15) is 19.8 Å². The molecule has 0 fully saturated rings. The number of carbonyl (C=O) groups excluding carboxylic acids is 1. The first-order valence-corrected chi connectivity index (χ1v) is 8.57. The Labute approximate surface area is 163 Å². The van der Waals surface area contributed by atoms with Crippen molar-refractivity contribution in [3.8, 4) is 17.2 Å². The van der Waals surface area contributed by atoms with Gasteiger partial charge in [-0.2, -0.15) is 0 Å². The van der Waals surface area contributed by atoms with Crippen molar-refractivity contribution in [2.75, 3.05) is 7.11 Å². The summed E-state index contributed by atoms with van der Waals surface area (Å²) in [6.45, 7) is 6.01. The molecule has 0 amide bonds. The van der Waals surface area contributed by atoms with Gasteiger partial charge in [0.25, 0.3) is 6.47 Å². The molecule has 0 heterocycles. The van der Waals surface area contributed by atoms with Crippen LogP contribution in [0.5, 0.6) is 17.2 Å². The van der Waals surface area contributed by atoms with Crippen molar-refractivity contribution in [3.63, 3.8) is 0 Å². The summed E-state index contributed by atoms with van der Waals surface area (Å²) >= 11 is 0. The molecular weight excluding hydrogens is 360 g/mol. The van der Waals surface area contributed by atoms with Crippen molar-refractivity contribution in [2.45, 2.75) is 19.8 Å². The van der Waals surface area contributed by atoms with Crippen LogP contribution in [0.4, 0.5) is 0 Å². The molecule has 0 radical (unpaired) electrons. The van der Waals surface area contributed by atoms with E-state index >= 15 is 0 Å². The summed E-state index contributed by atoms with van der Waals surface area (Å²) < 4.78 is 10.3. The number of allylic oxidation sites excluding steroid dienone is 1. The number of phenols is 1. The van der Waals surface area contributed by atoms with Crippen molar-refractivity contribution < 1.29 is 29.3 Å². The molecule has 0 atom stereocenters. The van der Waals surface area contributed by atoms with E-state index in [1.807, 2.05) is 6.92 Å². The fourth-order valence-corrected chi connectivity index (χ4v) is 2.78. The lowest BCUT2D eigenvalue weighted by Gasteiger charge is -2.15. The van der Waals surface area contributed by atoms with Crippen molar-refractivity contribution in [3.05, 3.63) is 64.7 Å². The Kier molecular flexibility index (Phi) is 6.98. The molecule has 6 heteroatoms. The van der Waals surface area contributed by atoms with Gasteiger partial charge in [-0.1, -0.05) is 35.9 Å². The van der Waals surface area contributed by atoms with Crippen LogP contribution in [0.15, 0.2) is 42.5 Å². The van der Waals surface area contributed by atoms with Crippen molar-refractivity contribution in [2.24, 2.45) is 0 Å². The van der Waals surface area contributed by atoms with E-state index in [1.54, 1.807) is 36.4 Å². The number of ether oxygens (including phenoxy) is 2. The van der Waals surface area contributed by atoms with Gasteiger partial charge in [-0.25, -0.2) is 4.79 Å². The third-order valence-electron chi connectivity index (χ3n) is 4.17. The van der Waals surface area contributed by atoms with E-state index in [0.29, 0.717) is 41.9 Å². The summed E-state index contributed by atoms with van der Waals surface area (Å²) in [4.78, 5) is 22.4. The zero-order chi connectivity index (χ0) is 20.7. The first-order valence-electron chi connectivity index (χ1n) is 8.57. The summed E-state index contributed by atoms with van der Waals surface area (Å²) in [5, 5.41) is 20.2. The minimum absolute atomic E-state index is 0.220. The molecule has 2 aromatic rings. The summed E-state index contributed by atoms with van der Waals surface area (Å²) in [6, 6.07) is 8.37. The van der Waals surface area contributed by atoms with Gasteiger partial charge >= 0.3 is 5.97 Å². The standard InChI is InChI=1S/C22H22O6/c1-14(2)8-11-17-19(27-3)12-16(20(21(17)24)22(25)26)10-9-15-6-4-5-7-18(15)28-13-23/h4-7,9-10,12-13,24H,1,8,11H2,2-3H3,(H,25,26)/b10-9+. The fourth-order valence-electron chi connectivity index (χ4n) is 2.78. The second-order valence-corrected chi connectivity index (χ2v) is 6.22. The third-order valence-corrected chi connectivity index (χ3v) is 4.17. The Balaban J connectivity index is 2.55. The van der Waals surface area contributed by atoms with Crippen molar-refractivity contribution in [1.82, 2.24) is 0 Å². The molecule has 0 spiro atoms. The largest absolute Gasteiger partial charge is 0.507 e. The second-order valence-electron chi connectivity index (χ2n) is 6.22. The molecule has 0 saturated carbocycles. The van der Waals surface area contributed by atoms with E-state index in [0.717, 1.165) is 5.57 Å². The average Bonchev–Trinajstić information content (AvgIpc) is 2.65. The molecule has 2 N–H and O–H groups in total. The predicted molar refractivity (Wildman–Crippen MR) is 107 cm³/mol. The zero-order valence-electron chi connectivity index (χ0n) is 15.8. The van der Waals surface area contributed by atoms with Crippen LogP contribution in [-0.4, -0.2) is 29.8 Å². The van der Waals surface area contributed by atoms with E-state index in [1.165, 1.54) is 13.2 Å². The number of hydrogen-bond donors (Lipinski definition) is 2. The van der Waals surface area contributed by atoms with Crippen LogP contribution in [0, 0.1) is 0 Å². The quantitative estimate of drug-likeness (QED) is 0.381. The summed E-state index contributed by atoms with van der Waals surface area (Å²) in [6.07, 6.45) is 4.13. The Bertz CT molecular complexity index is 927. The molecule has 0 unspecified atom stereocenters. The Hall–Kier alpha value is -3.54. The van der Waals surface area contributed by atoms with Crippen molar-refractivity contribution >= 4 is 24.6 Å². The van der Waals surface area contributed by atoms with E-state index < -0.39 is 5.97 Å². The molecular formula is C22H22O6. The molecule has 0 bridgehead atoms. The van der Waals surface area contributed by atoms with Gasteiger partial charge in [0, 0.05) is 11.1 Å². The number of para-hydroxylation sites is 1. The highest BCUT2D eigenvalue weighted by Crippen LogP contribution is 2.37. The van der Waals surface area contributed by atoms with Gasteiger partial charge in [-0.05, 0) is 37.5 Å². The Morgan fingerprint density at radius 1 is 1.18 bits per heavy atom. The first-order chi connectivity index (χ1) is 13.4. The molecule has 146 valence electrons. The first kappa shape index (κ1) is 20.8. The Morgan fingerprint density at radius 3 is 2.46 bits per heavy atom. The number of rotatable bonds is 9. The number of hydrogen-bond acceptors (Lipinski definition) is 5. The number of aromatic carboxylic acids is 1. The summed E-state index contributed by atoms with van der Waals surface area (Å²) in [5.74, 6) is -0.861. The normalized spacial score (nSPS) is 10.6. The topological polar surface area (TPSA) is 93.1 Å². The van der Waals surface area contributed by atoms with Gasteiger partial charge < -0.3 is 19.7 Å². The van der Waals surface area contributed by atoms with Crippen molar-refractivity contribution in [1.29, 1.82) is 0 Å². The van der Waals surface area contributed by atoms with E-state index in [-0.39, 0.29) is 16.9 Å². The van der Waals surface area contributed by atoms with Gasteiger partial charge in [0.1, 0.15) is 22.8 Å². The van der Waals surface area contributed by atoms with Gasteiger partial charge in [0.15, 0.2) is 0 Å². The zero-order valence-corrected chi connectivity index (χ0v) is 15.8. The summed E-state index contributed by atoms with van der Waals surface area (Å²) in [5.41, 5.74) is 1.96. The third kappa shape index (κ3) is 4.79. The van der Waals surface area contributed by atoms with Crippen LogP contribution in [-0.2, 0) is 11.2 Å². The van der Waals surface area contributed by atoms with E-state index in [4.69, 9.17) is 9.47 Å². The average molecular weight is 382 g/mol. The highest BCUT2D eigenvalue weighted by atomic mass is 16.5. The predicted octanol–water partition coefficient (Wildman–Crippen LogP) is 4.31. The monoisotopic (exact) mass is 382 g/mol. The molecule has 0 aliphatic heterocycles.